The Morgan fingerprint density at radius 3 is 2.48 bits per heavy atom. The van der Waals surface area contributed by atoms with Gasteiger partial charge in [-0.1, -0.05) is 11.6 Å². The molecule has 0 bridgehead atoms. The monoisotopic (exact) mass is 335 g/mol. The van der Waals surface area contributed by atoms with Gasteiger partial charge >= 0.3 is 0 Å². The molecule has 2 aromatic rings. The summed E-state index contributed by atoms with van der Waals surface area (Å²) in [6.07, 6.45) is -1.02. The van der Waals surface area contributed by atoms with E-state index in [1.54, 1.807) is 43.5 Å². The van der Waals surface area contributed by atoms with Crippen LogP contribution in [-0.2, 0) is 4.79 Å². The second-order valence-corrected chi connectivity index (χ2v) is 5.36. The highest BCUT2D eigenvalue weighted by atomic mass is 35.5. The molecule has 0 saturated heterocycles. The van der Waals surface area contributed by atoms with Crippen LogP contribution in [0, 0.1) is 0 Å². The fourth-order valence-electron chi connectivity index (χ4n) is 2.28. The Balaban J connectivity index is 2.49. The Labute approximate surface area is 139 Å². The summed E-state index contributed by atoms with van der Waals surface area (Å²) in [7, 11) is 3.06. The van der Waals surface area contributed by atoms with E-state index in [1.807, 2.05) is 0 Å². The number of methoxy groups -OCH3 is 2. The summed E-state index contributed by atoms with van der Waals surface area (Å²) in [5, 5.41) is 13.9. The smallest absolute Gasteiger partial charge is 0.221 e. The van der Waals surface area contributed by atoms with Crippen LogP contribution in [0.2, 0.25) is 5.02 Å². The van der Waals surface area contributed by atoms with Crippen LogP contribution in [-0.4, -0.2) is 25.2 Å². The molecule has 0 fully saturated rings. The van der Waals surface area contributed by atoms with Gasteiger partial charge in [0.05, 0.1) is 14.2 Å². The number of benzene rings is 2. The number of ether oxygens (including phenoxy) is 2. The Bertz CT molecular complexity index is 718. The van der Waals surface area contributed by atoms with Crippen LogP contribution in [0.3, 0.4) is 0 Å². The highest BCUT2D eigenvalue weighted by Crippen LogP contribution is 2.36. The molecule has 0 aliphatic rings. The molecule has 6 heteroatoms. The molecule has 2 N–H and O–H groups in total. The van der Waals surface area contributed by atoms with Crippen LogP contribution >= 0.6 is 11.6 Å². The van der Waals surface area contributed by atoms with E-state index in [2.05, 4.69) is 5.32 Å². The topological polar surface area (TPSA) is 67.8 Å². The van der Waals surface area contributed by atoms with Gasteiger partial charge in [0.1, 0.15) is 17.6 Å². The van der Waals surface area contributed by atoms with E-state index in [9.17, 15) is 9.90 Å². The standard InChI is InChI=1S/C17H18ClNO4/c1-10(20)19-15-7-4-11(18)8-14(15)17(21)13-6-5-12(22-2)9-16(13)23-3/h4-9,17,21H,1-3H3,(H,19,20). The average Bonchev–Trinajstić information content (AvgIpc) is 2.54. The molecule has 0 saturated carbocycles. The van der Waals surface area contributed by atoms with Gasteiger partial charge in [-0.3, -0.25) is 4.79 Å². The highest BCUT2D eigenvalue weighted by molar-refractivity contribution is 6.30. The van der Waals surface area contributed by atoms with E-state index in [4.69, 9.17) is 21.1 Å². The number of rotatable bonds is 5. The van der Waals surface area contributed by atoms with Crippen LogP contribution in [0.5, 0.6) is 11.5 Å². The summed E-state index contributed by atoms with van der Waals surface area (Å²) in [4.78, 5) is 11.3. The zero-order valence-corrected chi connectivity index (χ0v) is 13.8. The molecule has 1 unspecified atom stereocenters. The van der Waals surface area contributed by atoms with E-state index in [0.29, 0.717) is 33.3 Å². The van der Waals surface area contributed by atoms with E-state index < -0.39 is 6.10 Å². The summed E-state index contributed by atoms with van der Waals surface area (Å²) in [6.45, 7) is 1.40. The summed E-state index contributed by atoms with van der Waals surface area (Å²) in [5.41, 5.74) is 1.52. The minimum Gasteiger partial charge on any atom is -0.497 e. The van der Waals surface area contributed by atoms with Crippen molar-refractivity contribution in [1.82, 2.24) is 0 Å². The first-order valence-electron chi connectivity index (χ1n) is 6.93. The van der Waals surface area contributed by atoms with Gasteiger partial charge in [-0.25, -0.2) is 0 Å². The predicted molar refractivity (Wildman–Crippen MR) is 89.4 cm³/mol. The quantitative estimate of drug-likeness (QED) is 0.878. The van der Waals surface area contributed by atoms with Crippen molar-refractivity contribution in [2.75, 3.05) is 19.5 Å². The van der Waals surface area contributed by atoms with Crippen LogP contribution in [0.25, 0.3) is 0 Å². The van der Waals surface area contributed by atoms with Crippen molar-refractivity contribution in [1.29, 1.82) is 0 Å². The molecule has 0 spiro atoms. The summed E-state index contributed by atoms with van der Waals surface area (Å²) >= 11 is 6.03. The molecule has 2 rings (SSSR count). The van der Waals surface area contributed by atoms with E-state index in [0.717, 1.165) is 0 Å². The number of halogens is 1. The van der Waals surface area contributed by atoms with Crippen LogP contribution < -0.4 is 14.8 Å². The third-order valence-corrected chi connectivity index (χ3v) is 3.59. The van der Waals surface area contributed by atoms with Crippen molar-refractivity contribution in [2.45, 2.75) is 13.0 Å². The Kier molecular flexibility index (Phi) is 5.47. The van der Waals surface area contributed by atoms with Crippen molar-refractivity contribution in [3.8, 4) is 11.5 Å². The number of hydrogen-bond acceptors (Lipinski definition) is 4. The first kappa shape index (κ1) is 17.1. The van der Waals surface area contributed by atoms with Gasteiger partial charge in [-0.2, -0.15) is 0 Å². The van der Waals surface area contributed by atoms with Gasteiger partial charge in [0.15, 0.2) is 0 Å². The van der Waals surface area contributed by atoms with Gasteiger partial charge in [0, 0.05) is 34.8 Å². The lowest BCUT2D eigenvalue weighted by Gasteiger charge is -2.19. The van der Waals surface area contributed by atoms with Crippen molar-refractivity contribution < 1.29 is 19.4 Å². The maximum atomic E-state index is 11.3. The lowest BCUT2D eigenvalue weighted by Crippen LogP contribution is -2.11. The van der Waals surface area contributed by atoms with Crippen molar-refractivity contribution in [3.05, 3.63) is 52.5 Å². The van der Waals surface area contributed by atoms with Gasteiger partial charge < -0.3 is 19.9 Å². The molecule has 0 aliphatic carbocycles. The number of nitrogens with one attached hydrogen (secondary N) is 1. The molecule has 2 aromatic carbocycles. The number of anilines is 1. The molecule has 1 amide bonds. The highest BCUT2D eigenvalue weighted by Gasteiger charge is 2.20. The molecule has 1 atom stereocenters. The molecule has 0 heterocycles. The second kappa shape index (κ2) is 7.35. The molecular weight excluding hydrogens is 318 g/mol. The van der Waals surface area contributed by atoms with Crippen molar-refractivity contribution >= 4 is 23.2 Å². The SMILES string of the molecule is COc1ccc(C(O)c2cc(Cl)ccc2NC(C)=O)c(OC)c1. The van der Waals surface area contributed by atoms with Gasteiger partial charge in [-0.15, -0.1) is 0 Å². The normalized spacial score (nSPS) is 11.7. The molecule has 122 valence electrons. The number of carbonyl (C=O) groups is 1. The Morgan fingerprint density at radius 1 is 1.13 bits per heavy atom. The van der Waals surface area contributed by atoms with E-state index in [1.165, 1.54) is 14.0 Å². The van der Waals surface area contributed by atoms with Gasteiger partial charge in [0.25, 0.3) is 0 Å². The fourth-order valence-corrected chi connectivity index (χ4v) is 2.46. The van der Waals surface area contributed by atoms with Crippen LogP contribution in [0.1, 0.15) is 24.2 Å². The number of amides is 1. The minimum atomic E-state index is -1.02. The molecule has 5 nitrogen and oxygen atoms in total. The van der Waals surface area contributed by atoms with Crippen LogP contribution in [0.4, 0.5) is 5.69 Å². The van der Waals surface area contributed by atoms with E-state index in [-0.39, 0.29) is 5.91 Å². The van der Waals surface area contributed by atoms with Crippen LogP contribution in [0.15, 0.2) is 36.4 Å². The number of aliphatic hydroxyl groups excluding tert-OH is 1. The van der Waals surface area contributed by atoms with Gasteiger partial charge in [-0.05, 0) is 30.3 Å². The van der Waals surface area contributed by atoms with E-state index >= 15 is 0 Å². The minimum absolute atomic E-state index is 0.234. The maximum Gasteiger partial charge on any atom is 0.221 e. The zero-order valence-electron chi connectivity index (χ0n) is 13.1. The molecular formula is C17H18ClNO4. The third-order valence-electron chi connectivity index (χ3n) is 3.35. The Morgan fingerprint density at radius 2 is 1.87 bits per heavy atom. The molecule has 0 aromatic heterocycles. The number of aliphatic hydroxyl groups is 1. The predicted octanol–water partition coefficient (Wildman–Crippen LogP) is 3.40. The maximum absolute atomic E-state index is 11.3. The molecule has 0 radical (unpaired) electrons. The first-order chi connectivity index (χ1) is 11.0. The summed E-state index contributed by atoms with van der Waals surface area (Å²) in [6, 6.07) is 10.0. The third kappa shape index (κ3) is 3.94. The lowest BCUT2D eigenvalue weighted by molar-refractivity contribution is -0.114. The summed E-state index contributed by atoms with van der Waals surface area (Å²) in [5.74, 6) is 0.860. The molecule has 0 aliphatic heterocycles. The van der Waals surface area contributed by atoms with Crippen molar-refractivity contribution in [3.63, 3.8) is 0 Å². The zero-order chi connectivity index (χ0) is 17.0. The van der Waals surface area contributed by atoms with Crippen molar-refractivity contribution in [2.24, 2.45) is 0 Å². The summed E-state index contributed by atoms with van der Waals surface area (Å²) < 4.78 is 10.5. The average molecular weight is 336 g/mol. The second-order valence-electron chi connectivity index (χ2n) is 4.92. The number of carbonyl (C=O) groups excluding carboxylic acids is 1. The first-order valence-corrected chi connectivity index (χ1v) is 7.31. The number of hydrogen-bond donors (Lipinski definition) is 2. The lowest BCUT2D eigenvalue weighted by atomic mass is 9.98. The fraction of sp³-hybridized carbons (Fsp3) is 0.235. The molecule has 23 heavy (non-hydrogen) atoms. The van der Waals surface area contributed by atoms with Gasteiger partial charge in [0.2, 0.25) is 5.91 Å². The Hall–Kier alpha value is -2.24. The largest absolute Gasteiger partial charge is 0.497 e.